The van der Waals surface area contributed by atoms with Crippen LogP contribution in [0.4, 0.5) is 0 Å². The second kappa shape index (κ2) is 8.89. The van der Waals surface area contributed by atoms with Crippen molar-refractivity contribution in [2.24, 2.45) is 0 Å². The van der Waals surface area contributed by atoms with E-state index in [-0.39, 0.29) is 5.91 Å². The van der Waals surface area contributed by atoms with Crippen molar-refractivity contribution in [2.45, 2.75) is 13.5 Å². The fraction of sp³-hybridized carbons (Fsp3) is 0.222. The molecule has 0 atom stereocenters. The number of carbonyl (C=O) groups is 1. The van der Waals surface area contributed by atoms with E-state index in [1.165, 1.54) is 5.56 Å². The highest BCUT2D eigenvalue weighted by atomic mass is 16.3. The minimum absolute atomic E-state index is 0.0242. The van der Waals surface area contributed by atoms with E-state index in [1.807, 2.05) is 78.6 Å². The largest absolute Gasteiger partial charge is 0.460 e. The van der Waals surface area contributed by atoms with Gasteiger partial charge in [-0.3, -0.25) is 9.69 Å². The van der Waals surface area contributed by atoms with Crippen LogP contribution >= 0.6 is 0 Å². The average Bonchev–Trinajstić information content (AvgIpc) is 3.30. The number of nitrogens with zero attached hydrogens (tertiary/aromatic N) is 4. The molecule has 2 aromatic carbocycles. The topological polar surface area (TPSA) is 73.4 Å². The van der Waals surface area contributed by atoms with Crippen LogP contribution < -0.4 is 0 Å². The van der Waals surface area contributed by atoms with Crippen molar-refractivity contribution in [1.82, 2.24) is 14.8 Å². The molecule has 33 heavy (non-hydrogen) atoms. The van der Waals surface area contributed by atoms with Crippen molar-refractivity contribution in [3.63, 3.8) is 0 Å². The van der Waals surface area contributed by atoms with E-state index in [2.05, 4.69) is 11.0 Å². The Morgan fingerprint density at radius 1 is 1.03 bits per heavy atom. The number of hydrogen-bond donors (Lipinski definition) is 0. The van der Waals surface area contributed by atoms with Gasteiger partial charge in [0.25, 0.3) is 5.91 Å². The Morgan fingerprint density at radius 3 is 2.48 bits per heavy atom. The highest BCUT2D eigenvalue weighted by Crippen LogP contribution is 2.27. The third-order valence-corrected chi connectivity index (χ3v) is 6.09. The number of amides is 1. The molecule has 164 valence electrons. The van der Waals surface area contributed by atoms with Gasteiger partial charge in [0.2, 0.25) is 0 Å². The maximum Gasteiger partial charge on any atom is 0.254 e. The number of fused-ring (bicyclic) bond motifs is 1. The van der Waals surface area contributed by atoms with Gasteiger partial charge in [-0.1, -0.05) is 30.3 Å². The van der Waals surface area contributed by atoms with Crippen LogP contribution in [0, 0.1) is 18.3 Å². The van der Waals surface area contributed by atoms with E-state index < -0.39 is 0 Å². The molecule has 1 amide bonds. The first-order valence-corrected chi connectivity index (χ1v) is 11.1. The van der Waals surface area contributed by atoms with Crippen molar-refractivity contribution < 1.29 is 9.21 Å². The summed E-state index contributed by atoms with van der Waals surface area (Å²) >= 11 is 0. The Morgan fingerprint density at radius 2 is 1.79 bits per heavy atom. The van der Waals surface area contributed by atoms with Crippen LogP contribution in [-0.2, 0) is 6.54 Å². The summed E-state index contributed by atoms with van der Waals surface area (Å²) in [6.45, 7) is 5.65. The monoisotopic (exact) mass is 436 g/mol. The highest BCUT2D eigenvalue weighted by molar-refractivity contribution is 6.07. The zero-order valence-corrected chi connectivity index (χ0v) is 18.5. The Kier molecular flexibility index (Phi) is 5.64. The molecule has 5 rings (SSSR count). The summed E-state index contributed by atoms with van der Waals surface area (Å²) < 4.78 is 5.77. The van der Waals surface area contributed by atoms with Gasteiger partial charge >= 0.3 is 0 Å². The maximum absolute atomic E-state index is 13.6. The lowest BCUT2D eigenvalue weighted by Crippen LogP contribution is -2.48. The van der Waals surface area contributed by atoms with Crippen LogP contribution in [0.3, 0.4) is 0 Å². The second-order valence-electron chi connectivity index (χ2n) is 8.36. The molecule has 0 saturated carbocycles. The summed E-state index contributed by atoms with van der Waals surface area (Å²) in [7, 11) is 0. The number of aromatic nitrogens is 1. The lowest BCUT2D eigenvalue weighted by Gasteiger charge is -2.35. The predicted octanol–water partition coefficient (Wildman–Crippen LogP) is 4.63. The summed E-state index contributed by atoms with van der Waals surface area (Å²) in [4.78, 5) is 22.5. The van der Waals surface area contributed by atoms with Crippen LogP contribution in [0.25, 0.3) is 22.4 Å². The minimum Gasteiger partial charge on any atom is -0.460 e. The molecule has 0 bridgehead atoms. The van der Waals surface area contributed by atoms with Crippen LogP contribution in [0.15, 0.2) is 71.1 Å². The summed E-state index contributed by atoms with van der Waals surface area (Å²) in [5, 5.41) is 9.82. The standard InChI is InChI=1S/C27H24N4O2/c1-19-6-11-26(33-19)25-16-23(22-4-2-3-5-24(22)29-25)27(32)31-14-12-30(13-15-31)18-21-9-7-20(17-28)8-10-21/h2-11,16H,12-15,18H2,1H3. The van der Waals surface area contributed by atoms with E-state index in [1.54, 1.807) is 0 Å². The molecule has 0 radical (unpaired) electrons. The molecule has 0 aliphatic carbocycles. The lowest BCUT2D eigenvalue weighted by atomic mass is 10.0. The van der Waals surface area contributed by atoms with E-state index in [9.17, 15) is 4.79 Å². The Labute approximate surface area is 192 Å². The molecule has 0 unspecified atom stereocenters. The summed E-state index contributed by atoms with van der Waals surface area (Å²) in [5.41, 5.74) is 3.96. The predicted molar refractivity (Wildman–Crippen MR) is 127 cm³/mol. The summed E-state index contributed by atoms with van der Waals surface area (Å²) in [6, 6.07) is 23.2. The highest BCUT2D eigenvalue weighted by Gasteiger charge is 2.24. The van der Waals surface area contributed by atoms with Crippen molar-refractivity contribution in [2.75, 3.05) is 26.2 Å². The third kappa shape index (κ3) is 4.36. The van der Waals surface area contributed by atoms with Crippen LogP contribution in [-0.4, -0.2) is 46.9 Å². The minimum atomic E-state index is 0.0242. The van der Waals surface area contributed by atoms with E-state index in [4.69, 9.17) is 14.7 Å². The van der Waals surface area contributed by atoms with Crippen molar-refractivity contribution in [1.29, 1.82) is 5.26 Å². The molecule has 1 aliphatic heterocycles. The molecule has 4 aromatic rings. The van der Waals surface area contributed by atoms with Gasteiger partial charge in [-0.05, 0) is 48.9 Å². The number of para-hydroxylation sites is 1. The van der Waals surface area contributed by atoms with E-state index in [0.29, 0.717) is 35.7 Å². The first-order valence-electron chi connectivity index (χ1n) is 11.1. The first-order chi connectivity index (χ1) is 16.1. The fourth-order valence-electron chi connectivity index (χ4n) is 4.27. The number of benzene rings is 2. The van der Waals surface area contributed by atoms with Crippen molar-refractivity contribution >= 4 is 16.8 Å². The van der Waals surface area contributed by atoms with Gasteiger partial charge in [-0.2, -0.15) is 5.26 Å². The smallest absolute Gasteiger partial charge is 0.254 e. The van der Waals surface area contributed by atoms with E-state index in [0.717, 1.165) is 36.3 Å². The molecular formula is C27H24N4O2. The Balaban J connectivity index is 1.34. The molecule has 6 nitrogen and oxygen atoms in total. The molecule has 0 N–H and O–H groups in total. The fourth-order valence-corrected chi connectivity index (χ4v) is 4.27. The van der Waals surface area contributed by atoms with Crippen molar-refractivity contribution in [3.05, 3.63) is 89.2 Å². The number of aryl methyl sites for hydroxylation is 1. The average molecular weight is 437 g/mol. The maximum atomic E-state index is 13.6. The zero-order valence-electron chi connectivity index (χ0n) is 18.5. The number of nitriles is 1. The van der Waals surface area contributed by atoms with Gasteiger partial charge in [0.15, 0.2) is 5.76 Å². The van der Waals surface area contributed by atoms with Gasteiger partial charge < -0.3 is 9.32 Å². The Bertz CT molecular complexity index is 1340. The number of furan rings is 1. The van der Waals surface area contributed by atoms with Gasteiger partial charge in [-0.15, -0.1) is 0 Å². The molecule has 1 saturated heterocycles. The van der Waals surface area contributed by atoms with Crippen LogP contribution in [0.2, 0.25) is 0 Å². The molecule has 1 fully saturated rings. The normalized spacial score (nSPS) is 14.4. The number of piperazine rings is 1. The quantitative estimate of drug-likeness (QED) is 0.466. The number of rotatable bonds is 4. The SMILES string of the molecule is Cc1ccc(-c2cc(C(=O)N3CCN(Cc4ccc(C#N)cc4)CC3)c3ccccc3n2)o1. The summed E-state index contributed by atoms with van der Waals surface area (Å²) in [6.07, 6.45) is 0. The number of hydrogen-bond acceptors (Lipinski definition) is 5. The van der Waals surface area contributed by atoms with Crippen LogP contribution in [0.5, 0.6) is 0 Å². The molecule has 0 spiro atoms. The second-order valence-corrected chi connectivity index (χ2v) is 8.36. The molecule has 1 aliphatic rings. The Hall–Kier alpha value is -3.95. The van der Waals surface area contributed by atoms with Gasteiger partial charge in [0, 0.05) is 38.1 Å². The van der Waals surface area contributed by atoms with Gasteiger partial charge in [0.1, 0.15) is 11.5 Å². The first kappa shape index (κ1) is 20.9. The number of carbonyl (C=O) groups excluding carboxylic acids is 1. The van der Waals surface area contributed by atoms with Gasteiger partial charge in [0.05, 0.1) is 22.7 Å². The zero-order chi connectivity index (χ0) is 22.8. The van der Waals surface area contributed by atoms with E-state index >= 15 is 0 Å². The van der Waals surface area contributed by atoms with Crippen molar-refractivity contribution in [3.8, 4) is 17.5 Å². The molecule has 3 heterocycles. The lowest BCUT2D eigenvalue weighted by molar-refractivity contribution is 0.0630. The molecule has 6 heteroatoms. The molecule has 2 aromatic heterocycles. The summed E-state index contributed by atoms with van der Waals surface area (Å²) in [5.74, 6) is 1.50. The van der Waals surface area contributed by atoms with Gasteiger partial charge in [-0.25, -0.2) is 4.98 Å². The molecular weight excluding hydrogens is 412 g/mol. The third-order valence-electron chi connectivity index (χ3n) is 6.09. The number of pyridine rings is 1. The van der Waals surface area contributed by atoms with Crippen LogP contribution in [0.1, 0.15) is 27.2 Å².